The number of sulfonamides is 1. The van der Waals surface area contributed by atoms with Crippen LogP contribution in [0.1, 0.15) is 18.1 Å². The van der Waals surface area contributed by atoms with E-state index in [1.807, 2.05) is 0 Å². The summed E-state index contributed by atoms with van der Waals surface area (Å²) in [5, 5.41) is 8.47. The Morgan fingerprint density at radius 1 is 1.04 bits per heavy atom. The molecule has 0 aromatic heterocycles. The molecule has 0 saturated heterocycles. The number of nitrogens with two attached hydrogens (primary N) is 1. The zero-order chi connectivity index (χ0) is 16.9. The third kappa shape index (κ3) is 5.74. The molecule has 0 aliphatic heterocycles. The summed E-state index contributed by atoms with van der Waals surface area (Å²) < 4.78 is 35.2. The highest BCUT2D eigenvalue weighted by Crippen LogP contribution is 2.09. The van der Waals surface area contributed by atoms with Crippen LogP contribution in [0.15, 0.2) is 53.4 Å². The Morgan fingerprint density at radius 2 is 1.61 bits per heavy atom. The van der Waals surface area contributed by atoms with Gasteiger partial charge in [-0.2, -0.15) is 0 Å². The lowest BCUT2D eigenvalue weighted by atomic mass is 10.1. The van der Waals surface area contributed by atoms with Crippen LogP contribution in [0.5, 0.6) is 0 Å². The number of halogens is 1. The van der Waals surface area contributed by atoms with Crippen LogP contribution in [-0.2, 0) is 22.9 Å². The minimum absolute atomic E-state index is 0.124. The summed E-state index contributed by atoms with van der Waals surface area (Å²) in [5.41, 5.74) is 2.13. The molecule has 6 heteroatoms. The van der Waals surface area contributed by atoms with Crippen molar-refractivity contribution in [1.29, 1.82) is 0 Å². The van der Waals surface area contributed by atoms with E-state index in [4.69, 9.17) is 5.14 Å². The zero-order valence-corrected chi connectivity index (χ0v) is 13.8. The van der Waals surface area contributed by atoms with Gasteiger partial charge in [0, 0.05) is 6.04 Å². The lowest BCUT2D eigenvalue weighted by Gasteiger charge is -2.14. The van der Waals surface area contributed by atoms with E-state index in [2.05, 4.69) is 12.2 Å². The van der Waals surface area contributed by atoms with Crippen molar-refractivity contribution < 1.29 is 12.8 Å². The first-order valence-corrected chi connectivity index (χ1v) is 8.99. The van der Waals surface area contributed by atoms with Gasteiger partial charge in [-0.25, -0.2) is 17.9 Å². The fourth-order valence-electron chi connectivity index (χ4n) is 2.35. The first kappa shape index (κ1) is 17.6. The van der Waals surface area contributed by atoms with Gasteiger partial charge in [0.1, 0.15) is 5.82 Å². The molecular weight excluding hydrogens is 315 g/mol. The van der Waals surface area contributed by atoms with Gasteiger partial charge >= 0.3 is 0 Å². The average Bonchev–Trinajstić information content (AvgIpc) is 2.49. The first-order chi connectivity index (χ1) is 10.8. The molecule has 0 heterocycles. The van der Waals surface area contributed by atoms with Gasteiger partial charge in [0.05, 0.1) is 4.90 Å². The molecule has 0 unspecified atom stereocenters. The molecule has 3 N–H and O–H groups in total. The fraction of sp³-hybridized carbons (Fsp3) is 0.294. The second kappa shape index (κ2) is 7.68. The van der Waals surface area contributed by atoms with Gasteiger partial charge in [0.2, 0.25) is 10.0 Å². The molecule has 2 aromatic carbocycles. The highest BCUT2D eigenvalue weighted by molar-refractivity contribution is 7.89. The van der Waals surface area contributed by atoms with E-state index in [-0.39, 0.29) is 16.8 Å². The lowest BCUT2D eigenvalue weighted by molar-refractivity contribution is 0.547. The Morgan fingerprint density at radius 3 is 2.17 bits per heavy atom. The van der Waals surface area contributed by atoms with Crippen LogP contribution in [0, 0.1) is 5.82 Å². The molecule has 0 fully saturated rings. The van der Waals surface area contributed by atoms with Gasteiger partial charge < -0.3 is 5.32 Å². The molecule has 23 heavy (non-hydrogen) atoms. The Labute approximate surface area is 136 Å². The summed E-state index contributed by atoms with van der Waals surface area (Å²) in [5.74, 6) is -0.225. The zero-order valence-electron chi connectivity index (χ0n) is 13.0. The summed E-state index contributed by atoms with van der Waals surface area (Å²) >= 11 is 0. The minimum Gasteiger partial charge on any atom is -0.314 e. The molecule has 1 atom stereocenters. The van der Waals surface area contributed by atoms with Gasteiger partial charge in [-0.1, -0.05) is 24.3 Å². The molecule has 0 bridgehead atoms. The van der Waals surface area contributed by atoms with Crippen LogP contribution < -0.4 is 10.5 Å². The maximum Gasteiger partial charge on any atom is 0.238 e. The standard InChI is InChI=1S/C17H21FN2O2S/c1-13(12-15-2-6-16(18)7-3-15)20-11-10-14-4-8-17(9-5-14)23(19,21)22/h2-9,13,20H,10-12H2,1H3,(H2,19,21,22)/t13-/m1/s1. The molecular formula is C17H21FN2O2S. The van der Waals surface area contributed by atoms with E-state index in [0.29, 0.717) is 0 Å². The van der Waals surface area contributed by atoms with Crippen molar-refractivity contribution in [2.45, 2.75) is 30.7 Å². The summed E-state index contributed by atoms with van der Waals surface area (Å²) in [6.07, 6.45) is 1.61. The SMILES string of the molecule is C[C@H](Cc1ccc(F)cc1)NCCc1ccc(S(N)(=O)=O)cc1. The predicted molar refractivity (Wildman–Crippen MR) is 89.1 cm³/mol. The summed E-state index contributed by atoms with van der Waals surface area (Å²) in [7, 11) is -3.63. The quantitative estimate of drug-likeness (QED) is 0.814. The van der Waals surface area contributed by atoms with E-state index < -0.39 is 10.0 Å². The maximum atomic E-state index is 12.9. The van der Waals surface area contributed by atoms with Gasteiger partial charge in [-0.15, -0.1) is 0 Å². The van der Waals surface area contributed by atoms with Gasteiger partial charge in [0.25, 0.3) is 0 Å². The molecule has 2 rings (SSSR count). The molecule has 124 valence electrons. The molecule has 0 radical (unpaired) electrons. The number of hydrogen-bond acceptors (Lipinski definition) is 3. The van der Waals surface area contributed by atoms with Crippen molar-refractivity contribution in [3.8, 4) is 0 Å². The fourth-order valence-corrected chi connectivity index (χ4v) is 2.87. The Kier molecular flexibility index (Phi) is 5.87. The molecule has 2 aromatic rings. The van der Waals surface area contributed by atoms with Crippen molar-refractivity contribution in [1.82, 2.24) is 5.32 Å². The van der Waals surface area contributed by atoms with Crippen LogP contribution in [0.4, 0.5) is 4.39 Å². The third-order valence-electron chi connectivity index (χ3n) is 3.61. The van der Waals surface area contributed by atoms with Gasteiger partial charge in [-0.3, -0.25) is 0 Å². The van der Waals surface area contributed by atoms with Crippen LogP contribution in [0.3, 0.4) is 0 Å². The topological polar surface area (TPSA) is 72.2 Å². The van der Waals surface area contributed by atoms with E-state index in [1.54, 1.807) is 24.3 Å². The molecule has 0 aliphatic carbocycles. The lowest BCUT2D eigenvalue weighted by Crippen LogP contribution is -2.30. The Balaban J connectivity index is 1.79. The van der Waals surface area contributed by atoms with E-state index >= 15 is 0 Å². The van der Waals surface area contributed by atoms with E-state index in [1.165, 1.54) is 24.3 Å². The van der Waals surface area contributed by atoms with Crippen LogP contribution in [-0.4, -0.2) is 21.0 Å². The number of hydrogen-bond donors (Lipinski definition) is 2. The molecule has 4 nitrogen and oxygen atoms in total. The van der Waals surface area contributed by atoms with Crippen molar-refractivity contribution in [3.05, 3.63) is 65.5 Å². The first-order valence-electron chi connectivity index (χ1n) is 7.44. The highest BCUT2D eigenvalue weighted by atomic mass is 32.2. The number of benzene rings is 2. The van der Waals surface area contributed by atoms with Crippen molar-refractivity contribution >= 4 is 10.0 Å². The van der Waals surface area contributed by atoms with Crippen molar-refractivity contribution in [2.75, 3.05) is 6.54 Å². The molecule has 0 aliphatic rings. The summed E-state index contributed by atoms with van der Waals surface area (Å²) in [4.78, 5) is 0.124. The Hall–Kier alpha value is -1.76. The molecule has 0 amide bonds. The third-order valence-corrected chi connectivity index (χ3v) is 4.54. The number of rotatable bonds is 7. The number of primary sulfonamides is 1. The second-order valence-electron chi connectivity index (χ2n) is 5.62. The van der Waals surface area contributed by atoms with Gasteiger partial charge in [-0.05, 0) is 61.7 Å². The second-order valence-corrected chi connectivity index (χ2v) is 7.19. The van der Waals surface area contributed by atoms with E-state index in [9.17, 15) is 12.8 Å². The van der Waals surface area contributed by atoms with Gasteiger partial charge in [0.15, 0.2) is 0 Å². The molecule has 0 saturated carbocycles. The smallest absolute Gasteiger partial charge is 0.238 e. The highest BCUT2D eigenvalue weighted by Gasteiger charge is 2.07. The summed E-state index contributed by atoms with van der Waals surface area (Å²) in [6.45, 7) is 2.85. The summed E-state index contributed by atoms with van der Waals surface area (Å²) in [6, 6.07) is 13.4. The largest absolute Gasteiger partial charge is 0.314 e. The van der Waals surface area contributed by atoms with Crippen molar-refractivity contribution in [3.63, 3.8) is 0 Å². The number of nitrogens with one attached hydrogen (secondary N) is 1. The van der Waals surface area contributed by atoms with Crippen LogP contribution >= 0.6 is 0 Å². The van der Waals surface area contributed by atoms with E-state index in [0.717, 1.165) is 30.5 Å². The van der Waals surface area contributed by atoms with Crippen LogP contribution in [0.25, 0.3) is 0 Å². The van der Waals surface area contributed by atoms with Crippen molar-refractivity contribution in [2.24, 2.45) is 5.14 Å². The predicted octanol–water partition coefficient (Wildman–Crippen LogP) is 2.24. The van der Waals surface area contributed by atoms with Crippen LogP contribution in [0.2, 0.25) is 0 Å². The Bertz CT molecular complexity index is 728. The average molecular weight is 336 g/mol. The normalized spacial score (nSPS) is 13.0. The molecule has 0 spiro atoms. The minimum atomic E-state index is -3.63. The monoisotopic (exact) mass is 336 g/mol. The maximum absolute atomic E-state index is 12.9.